The van der Waals surface area contributed by atoms with Gasteiger partial charge in [-0.1, -0.05) is 18.2 Å². The van der Waals surface area contributed by atoms with Gasteiger partial charge in [0.25, 0.3) is 0 Å². The Morgan fingerprint density at radius 2 is 2.12 bits per heavy atom. The molecule has 2 unspecified atom stereocenters. The molecule has 1 saturated heterocycles. The second-order valence-electron chi connectivity index (χ2n) is 6.51. The number of hydrogen-bond donors (Lipinski definition) is 2. The number of nitrogens with zero attached hydrogens (tertiary/aromatic N) is 2. The van der Waals surface area contributed by atoms with Crippen molar-refractivity contribution in [1.29, 1.82) is 0 Å². The molecule has 1 fully saturated rings. The molecule has 5 heteroatoms. The fourth-order valence-corrected chi connectivity index (χ4v) is 4.39. The quantitative estimate of drug-likeness (QED) is 0.620. The molecule has 136 valence electrons. The molecule has 0 saturated carbocycles. The highest BCUT2D eigenvalue weighted by Crippen LogP contribution is 2.29. The summed E-state index contributed by atoms with van der Waals surface area (Å²) in [6.45, 7) is 2.12. The second-order valence-corrected chi connectivity index (χ2v) is 7.61. The third kappa shape index (κ3) is 5.17. The van der Waals surface area contributed by atoms with Crippen LogP contribution in [0.1, 0.15) is 30.9 Å². The number of anilines is 1. The van der Waals surface area contributed by atoms with Gasteiger partial charge < -0.3 is 15.1 Å². The maximum Gasteiger partial charge on any atom is 0.143 e. The summed E-state index contributed by atoms with van der Waals surface area (Å²) >= 11 is 1.83. The van der Waals surface area contributed by atoms with Crippen molar-refractivity contribution in [3.63, 3.8) is 0 Å². The van der Waals surface area contributed by atoms with Crippen molar-refractivity contribution in [3.05, 3.63) is 54.2 Å². The summed E-state index contributed by atoms with van der Waals surface area (Å²) in [7, 11) is 0. The molecule has 0 aliphatic carbocycles. The average Bonchev–Trinajstić information content (AvgIpc) is 2.93. The van der Waals surface area contributed by atoms with E-state index in [2.05, 4.69) is 27.9 Å². The van der Waals surface area contributed by atoms with Crippen molar-refractivity contribution in [1.82, 2.24) is 4.98 Å². The molecule has 2 heterocycles. The number of benzene rings is 1. The first-order valence-electron chi connectivity index (χ1n) is 8.97. The standard InChI is InChI=1S/C21H24N2O2S/c24-14-10-20(25)18-6-3-7-19(15-18)26-16-17-5-4-12-23(13-9-17)21-8-1-2-11-22-21/h1-3,6-8,11,15,17,20,24-25H,4-5,9,12-13,16H2. The molecule has 1 aromatic heterocycles. The number of pyridine rings is 1. The number of aliphatic hydroxyl groups excluding tert-OH is 2. The van der Waals surface area contributed by atoms with Crippen molar-refractivity contribution in [2.45, 2.75) is 30.3 Å². The SMILES string of the molecule is OC#CC(O)c1cccc(SCC2CCCN(c3ccccn3)CC2)c1. The first kappa shape index (κ1) is 18.6. The summed E-state index contributed by atoms with van der Waals surface area (Å²) in [5.41, 5.74) is 0.721. The lowest BCUT2D eigenvalue weighted by atomic mass is 10.0. The van der Waals surface area contributed by atoms with Crippen LogP contribution in [0.5, 0.6) is 0 Å². The Morgan fingerprint density at radius 3 is 2.92 bits per heavy atom. The van der Waals surface area contributed by atoms with Crippen LogP contribution < -0.4 is 4.90 Å². The van der Waals surface area contributed by atoms with Crippen LogP contribution in [0.4, 0.5) is 5.82 Å². The molecular formula is C21H24N2O2S. The predicted molar refractivity (Wildman–Crippen MR) is 106 cm³/mol. The maximum absolute atomic E-state index is 9.88. The van der Waals surface area contributed by atoms with Gasteiger partial charge in [-0.05, 0) is 60.9 Å². The first-order valence-corrected chi connectivity index (χ1v) is 9.96. The lowest BCUT2D eigenvalue weighted by Gasteiger charge is -2.21. The van der Waals surface area contributed by atoms with Crippen molar-refractivity contribution in [3.8, 4) is 12.0 Å². The largest absolute Gasteiger partial charge is 0.462 e. The van der Waals surface area contributed by atoms with E-state index in [1.807, 2.05) is 48.3 Å². The minimum Gasteiger partial charge on any atom is -0.462 e. The Bertz CT molecular complexity index is 757. The molecule has 2 atom stereocenters. The number of hydrogen-bond acceptors (Lipinski definition) is 5. The summed E-state index contributed by atoms with van der Waals surface area (Å²) < 4.78 is 0. The Morgan fingerprint density at radius 1 is 1.19 bits per heavy atom. The van der Waals surface area contributed by atoms with Crippen LogP contribution in [0.25, 0.3) is 0 Å². The number of rotatable bonds is 5. The normalized spacial score (nSPS) is 18.5. The fourth-order valence-electron chi connectivity index (χ4n) is 3.23. The monoisotopic (exact) mass is 368 g/mol. The van der Waals surface area contributed by atoms with E-state index >= 15 is 0 Å². The highest BCUT2D eigenvalue weighted by Gasteiger charge is 2.18. The molecule has 4 nitrogen and oxygen atoms in total. The molecule has 1 aromatic carbocycles. The van der Waals surface area contributed by atoms with E-state index in [9.17, 15) is 5.11 Å². The van der Waals surface area contributed by atoms with Gasteiger partial charge >= 0.3 is 0 Å². The molecule has 1 aliphatic heterocycles. The van der Waals surface area contributed by atoms with E-state index in [-0.39, 0.29) is 0 Å². The summed E-state index contributed by atoms with van der Waals surface area (Å²) in [4.78, 5) is 7.99. The van der Waals surface area contributed by atoms with Gasteiger partial charge in [0.2, 0.25) is 0 Å². The summed E-state index contributed by atoms with van der Waals surface area (Å²) in [5, 5.41) is 18.5. The van der Waals surface area contributed by atoms with E-state index in [0.717, 1.165) is 35.1 Å². The Balaban J connectivity index is 1.54. The summed E-state index contributed by atoms with van der Waals surface area (Å²) in [6.07, 6.45) is 6.28. The van der Waals surface area contributed by atoms with Gasteiger partial charge in [0, 0.05) is 29.9 Å². The van der Waals surface area contributed by atoms with E-state index < -0.39 is 6.10 Å². The second kappa shape index (κ2) is 9.51. The van der Waals surface area contributed by atoms with Crippen molar-refractivity contribution < 1.29 is 10.2 Å². The van der Waals surface area contributed by atoms with Gasteiger partial charge in [0.1, 0.15) is 18.0 Å². The van der Waals surface area contributed by atoms with Crippen LogP contribution in [0.15, 0.2) is 53.6 Å². The van der Waals surface area contributed by atoms with Crippen LogP contribution in [0.2, 0.25) is 0 Å². The minimum atomic E-state index is -0.939. The number of aromatic nitrogens is 1. The topological polar surface area (TPSA) is 56.6 Å². The highest BCUT2D eigenvalue weighted by molar-refractivity contribution is 7.99. The molecule has 0 amide bonds. The third-order valence-corrected chi connectivity index (χ3v) is 5.91. The van der Waals surface area contributed by atoms with Crippen LogP contribution in [0, 0.1) is 17.9 Å². The van der Waals surface area contributed by atoms with Crippen molar-refractivity contribution in [2.24, 2.45) is 5.92 Å². The predicted octanol–water partition coefficient (Wildman–Crippen LogP) is 3.85. The lowest BCUT2D eigenvalue weighted by Crippen LogP contribution is -2.25. The molecule has 0 radical (unpaired) electrons. The van der Waals surface area contributed by atoms with Gasteiger partial charge in [-0.2, -0.15) is 0 Å². The van der Waals surface area contributed by atoms with Crippen LogP contribution in [-0.4, -0.2) is 34.0 Å². The molecular weight excluding hydrogens is 344 g/mol. The van der Waals surface area contributed by atoms with E-state index in [0.29, 0.717) is 5.92 Å². The zero-order valence-corrected chi connectivity index (χ0v) is 15.5. The van der Waals surface area contributed by atoms with Crippen LogP contribution in [0.3, 0.4) is 0 Å². The maximum atomic E-state index is 9.88. The van der Waals surface area contributed by atoms with Crippen LogP contribution in [-0.2, 0) is 0 Å². The number of thioether (sulfide) groups is 1. The lowest BCUT2D eigenvalue weighted by molar-refractivity contribution is 0.237. The zero-order chi connectivity index (χ0) is 18.2. The Labute approximate surface area is 159 Å². The van der Waals surface area contributed by atoms with E-state index in [1.165, 1.54) is 19.3 Å². The van der Waals surface area contributed by atoms with E-state index in [1.54, 1.807) is 6.11 Å². The summed E-state index contributed by atoms with van der Waals surface area (Å²) in [6, 6.07) is 13.9. The van der Waals surface area contributed by atoms with Gasteiger partial charge in [-0.15, -0.1) is 11.8 Å². The summed E-state index contributed by atoms with van der Waals surface area (Å²) in [5.74, 6) is 5.19. The van der Waals surface area contributed by atoms with Gasteiger partial charge in [0.15, 0.2) is 0 Å². The molecule has 3 rings (SSSR count). The molecule has 0 spiro atoms. The smallest absolute Gasteiger partial charge is 0.143 e. The fraction of sp³-hybridized carbons (Fsp3) is 0.381. The Kier molecular flexibility index (Phi) is 6.82. The Hall–Kier alpha value is -2.16. The first-order chi connectivity index (χ1) is 12.8. The molecule has 2 N–H and O–H groups in total. The zero-order valence-electron chi connectivity index (χ0n) is 14.7. The van der Waals surface area contributed by atoms with E-state index in [4.69, 9.17) is 5.11 Å². The molecule has 0 bridgehead atoms. The van der Waals surface area contributed by atoms with Crippen molar-refractivity contribution >= 4 is 17.6 Å². The average molecular weight is 369 g/mol. The van der Waals surface area contributed by atoms with Gasteiger partial charge in [-0.3, -0.25) is 0 Å². The molecule has 1 aliphatic rings. The molecule has 26 heavy (non-hydrogen) atoms. The van der Waals surface area contributed by atoms with Crippen LogP contribution >= 0.6 is 11.8 Å². The van der Waals surface area contributed by atoms with Gasteiger partial charge in [0.05, 0.1) is 0 Å². The highest BCUT2D eigenvalue weighted by atomic mass is 32.2. The third-order valence-electron chi connectivity index (χ3n) is 4.68. The van der Waals surface area contributed by atoms with Crippen molar-refractivity contribution in [2.75, 3.05) is 23.7 Å². The van der Waals surface area contributed by atoms with Gasteiger partial charge in [-0.25, -0.2) is 4.98 Å². The minimum absolute atomic E-state index is 0.680. The number of aliphatic hydroxyl groups is 2. The molecule has 2 aromatic rings.